The number of methoxy groups -OCH3 is 1. The SMILES string of the molecule is COC(=[NH2+])N=C(N)N. The van der Waals surface area contributed by atoms with Gasteiger partial charge in [0, 0.05) is 4.99 Å². The zero-order valence-electron chi connectivity index (χ0n) is 4.59. The van der Waals surface area contributed by atoms with Crippen LogP contribution in [0.1, 0.15) is 0 Å². The zero-order valence-corrected chi connectivity index (χ0v) is 4.59. The second-order valence-electron chi connectivity index (χ2n) is 1.08. The first-order valence-electron chi connectivity index (χ1n) is 1.93. The van der Waals surface area contributed by atoms with E-state index < -0.39 is 0 Å². The normalized spacial score (nSPS) is 7.62. The van der Waals surface area contributed by atoms with Crippen LogP contribution in [0, 0.1) is 0 Å². The molecule has 0 unspecified atom stereocenters. The van der Waals surface area contributed by atoms with Crippen molar-refractivity contribution >= 4 is 12.0 Å². The third kappa shape index (κ3) is 2.95. The Bertz CT molecular complexity index is 114. The van der Waals surface area contributed by atoms with Crippen molar-refractivity contribution < 1.29 is 10.1 Å². The second-order valence-corrected chi connectivity index (χ2v) is 1.08. The molecule has 5 nitrogen and oxygen atoms in total. The third-order valence-corrected chi connectivity index (χ3v) is 0.448. The molecule has 0 aromatic heterocycles. The number of ether oxygens (including phenoxy) is 1. The van der Waals surface area contributed by atoms with Crippen molar-refractivity contribution in [1.82, 2.24) is 0 Å². The first-order chi connectivity index (χ1) is 3.66. The molecule has 5 heteroatoms. The van der Waals surface area contributed by atoms with E-state index in [9.17, 15) is 0 Å². The van der Waals surface area contributed by atoms with Gasteiger partial charge in [-0.2, -0.15) is 0 Å². The van der Waals surface area contributed by atoms with Gasteiger partial charge in [-0.15, -0.1) is 0 Å². The van der Waals surface area contributed by atoms with Crippen molar-refractivity contribution in [2.24, 2.45) is 16.5 Å². The summed E-state index contributed by atoms with van der Waals surface area (Å²) < 4.78 is 4.41. The van der Waals surface area contributed by atoms with E-state index in [0.29, 0.717) is 0 Å². The minimum atomic E-state index is -0.107. The molecule has 0 amide bonds. The Kier molecular flexibility index (Phi) is 2.39. The van der Waals surface area contributed by atoms with Crippen molar-refractivity contribution in [2.75, 3.05) is 7.11 Å². The van der Waals surface area contributed by atoms with Crippen molar-refractivity contribution in [2.45, 2.75) is 0 Å². The van der Waals surface area contributed by atoms with Crippen molar-refractivity contribution in [3.05, 3.63) is 0 Å². The molecule has 0 rings (SSSR count). The molecule has 0 atom stereocenters. The summed E-state index contributed by atoms with van der Waals surface area (Å²) in [5.74, 6) is -0.107. The summed E-state index contributed by atoms with van der Waals surface area (Å²) in [5.41, 5.74) is 9.83. The average Bonchev–Trinajstić information content (AvgIpc) is 1.65. The van der Waals surface area contributed by atoms with Crippen molar-refractivity contribution in [3.8, 4) is 0 Å². The van der Waals surface area contributed by atoms with Crippen LogP contribution in [0.2, 0.25) is 0 Å². The molecule has 0 aliphatic rings. The van der Waals surface area contributed by atoms with Gasteiger partial charge in [-0.3, -0.25) is 5.41 Å². The van der Waals surface area contributed by atoms with Gasteiger partial charge in [0.1, 0.15) is 0 Å². The molecule has 46 valence electrons. The van der Waals surface area contributed by atoms with Gasteiger partial charge in [-0.05, 0) is 0 Å². The van der Waals surface area contributed by atoms with Crippen molar-refractivity contribution in [3.63, 3.8) is 0 Å². The Hall–Kier alpha value is -1.26. The predicted molar refractivity (Wildman–Crippen MR) is 29.8 cm³/mol. The maximum absolute atomic E-state index is 5.02. The van der Waals surface area contributed by atoms with Crippen LogP contribution in [0.25, 0.3) is 0 Å². The standard InChI is InChI=1S/C3H8N4O/c1-8-3(6)7-2(4)5/h1H3,(H5,4,5,6,7)/p+1. The lowest BCUT2D eigenvalue weighted by Crippen LogP contribution is -2.41. The molecule has 0 spiro atoms. The van der Waals surface area contributed by atoms with E-state index in [0.717, 1.165) is 0 Å². The number of hydrogen-bond donors (Lipinski definition) is 3. The molecule has 0 aromatic carbocycles. The molecule has 0 saturated carbocycles. The molecule has 0 aromatic rings. The molecule has 0 radical (unpaired) electrons. The van der Waals surface area contributed by atoms with Gasteiger partial charge in [0.15, 0.2) is 0 Å². The predicted octanol–water partition coefficient (Wildman–Crippen LogP) is -2.98. The summed E-state index contributed by atoms with van der Waals surface area (Å²) in [5, 5.41) is 5.02. The van der Waals surface area contributed by atoms with Crippen LogP contribution >= 0.6 is 0 Å². The highest BCUT2D eigenvalue weighted by molar-refractivity contribution is 5.87. The Morgan fingerprint density at radius 2 is 2.12 bits per heavy atom. The highest BCUT2D eigenvalue weighted by Gasteiger charge is 1.99. The summed E-state index contributed by atoms with van der Waals surface area (Å²) in [4.78, 5) is 3.34. The highest BCUT2D eigenvalue weighted by atomic mass is 16.5. The number of nitrogens with two attached hydrogens (primary N) is 3. The van der Waals surface area contributed by atoms with Gasteiger partial charge < -0.3 is 16.2 Å². The maximum Gasteiger partial charge on any atom is 0.492 e. The number of nitrogens with zero attached hydrogens (tertiary/aromatic N) is 1. The lowest BCUT2D eigenvalue weighted by molar-refractivity contribution is -0.138. The Morgan fingerprint density at radius 3 is 2.25 bits per heavy atom. The van der Waals surface area contributed by atoms with Crippen LogP contribution in [0.5, 0.6) is 0 Å². The molecule has 0 fully saturated rings. The lowest BCUT2D eigenvalue weighted by atomic mass is 11.0. The van der Waals surface area contributed by atoms with E-state index in [1.54, 1.807) is 0 Å². The number of rotatable bonds is 0. The van der Waals surface area contributed by atoms with Gasteiger partial charge in [0.25, 0.3) is 0 Å². The fourth-order valence-corrected chi connectivity index (χ4v) is 0.173. The Labute approximate surface area is 46.8 Å². The van der Waals surface area contributed by atoms with E-state index in [2.05, 4.69) is 9.73 Å². The van der Waals surface area contributed by atoms with Crippen LogP contribution in [-0.2, 0) is 4.74 Å². The lowest BCUT2D eigenvalue weighted by Gasteiger charge is -1.82. The van der Waals surface area contributed by atoms with Crippen molar-refractivity contribution in [1.29, 1.82) is 0 Å². The van der Waals surface area contributed by atoms with Crippen LogP contribution < -0.4 is 16.9 Å². The molecule has 0 aliphatic heterocycles. The summed E-state index contributed by atoms with van der Waals surface area (Å²) in [6.07, 6.45) is 0. The highest BCUT2D eigenvalue weighted by Crippen LogP contribution is 1.66. The number of guanidine groups is 1. The third-order valence-electron chi connectivity index (χ3n) is 0.448. The van der Waals surface area contributed by atoms with Crippen LogP contribution in [0.3, 0.4) is 0 Å². The van der Waals surface area contributed by atoms with Gasteiger partial charge in [-0.1, -0.05) is 0 Å². The van der Waals surface area contributed by atoms with Gasteiger partial charge in [0.05, 0.1) is 7.11 Å². The second kappa shape index (κ2) is 2.84. The maximum atomic E-state index is 5.02. The quantitative estimate of drug-likeness (QED) is 0.233. The van der Waals surface area contributed by atoms with Crippen LogP contribution in [-0.4, -0.2) is 19.1 Å². The molecule has 0 aliphatic carbocycles. The summed E-state index contributed by atoms with van der Waals surface area (Å²) >= 11 is 0. The number of amidine groups is 1. The number of hydrogen-bond acceptors (Lipinski definition) is 1. The molecule has 0 saturated heterocycles. The largest absolute Gasteiger partial charge is 0.492 e. The Balaban J connectivity index is 3.70. The van der Waals surface area contributed by atoms with E-state index in [-0.39, 0.29) is 12.0 Å². The molecule has 8 heavy (non-hydrogen) atoms. The fourth-order valence-electron chi connectivity index (χ4n) is 0.173. The number of aliphatic imine (C=N–C) groups is 1. The first kappa shape index (κ1) is 6.74. The van der Waals surface area contributed by atoms with Gasteiger partial charge in [-0.25, -0.2) is 0 Å². The first-order valence-corrected chi connectivity index (χ1v) is 1.93. The van der Waals surface area contributed by atoms with Crippen LogP contribution in [0.15, 0.2) is 4.99 Å². The fraction of sp³-hybridized carbons (Fsp3) is 0.333. The molecular formula is C3H9N4O+. The molecular weight excluding hydrogens is 108 g/mol. The monoisotopic (exact) mass is 117 g/mol. The minimum absolute atomic E-state index is 0.0370. The zero-order chi connectivity index (χ0) is 6.57. The van der Waals surface area contributed by atoms with Gasteiger partial charge >= 0.3 is 12.0 Å². The van der Waals surface area contributed by atoms with E-state index in [1.807, 2.05) is 0 Å². The summed E-state index contributed by atoms with van der Waals surface area (Å²) in [7, 11) is 1.38. The van der Waals surface area contributed by atoms with Crippen LogP contribution in [0.4, 0.5) is 0 Å². The minimum Gasteiger partial charge on any atom is -0.432 e. The van der Waals surface area contributed by atoms with Gasteiger partial charge in [0.2, 0.25) is 0 Å². The summed E-state index contributed by atoms with van der Waals surface area (Å²) in [6.45, 7) is 0. The molecule has 6 N–H and O–H groups in total. The molecule has 0 heterocycles. The van der Waals surface area contributed by atoms with E-state index in [1.165, 1.54) is 7.11 Å². The smallest absolute Gasteiger partial charge is 0.432 e. The van der Waals surface area contributed by atoms with E-state index >= 15 is 0 Å². The summed E-state index contributed by atoms with van der Waals surface area (Å²) in [6, 6.07) is -0.0370. The van der Waals surface area contributed by atoms with E-state index in [4.69, 9.17) is 16.9 Å². The average molecular weight is 117 g/mol. The topological polar surface area (TPSA) is 99.2 Å². The molecule has 0 bridgehead atoms. The Morgan fingerprint density at radius 1 is 1.62 bits per heavy atom.